The van der Waals surface area contributed by atoms with Crippen LogP contribution in [-0.2, 0) is 4.79 Å². The number of carboxylic acid groups (broad SMARTS) is 1. The van der Waals surface area contributed by atoms with Crippen LogP contribution in [0.2, 0.25) is 10.2 Å². The third-order valence-electron chi connectivity index (χ3n) is 2.48. The van der Waals surface area contributed by atoms with Crippen molar-refractivity contribution in [1.82, 2.24) is 9.97 Å². The van der Waals surface area contributed by atoms with Gasteiger partial charge in [-0.1, -0.05) is 29.3 Å². The maximum atomic E-state index is 12.4. The molecule has 0 bridgehead atoms. The smallest absolute Gasteiger partial charge is 0.323 e. The molecule has 0 aliphatic heterocycles. The molecule has 1 heterocycles. The summed E-state index contributed by atoms with van der Waals surface area (Å²) < 4.78 is 0. The van der Waals surface area contributed by atoms with Crippen LogP contribution in [0.5, 0.6) is 0 Å². The number of carboxylic acids is 1. The largest absolute Gasteiger partial charge is 0.480 e. The zero-order valence-electron chi connectivity index (χ0n) is 10.5. The Morgan fingerprint density at radius 1 is 1.24 bits per heavy atom. The van der Waals surface area contributed by atoms with Crippen molar-refractivity contribution in [3.63, 3.8) is 0 Å². The van der Waals surface area contributed by atoms with Crippen molar-refractivity contribution >= 4 is 40.8 Å². The summed E-state index contributed by atoms with van der Waals surface area (Å²) in [5, 5.41) is 9.40. The van der Waals surface area contributed by atoms with Crippen molar-refractivity contribution < 1.29 is 14.7 Å². The SMILES string of the molecule is O=C(O)CN(C(=O)c1cncc(Cl)n1)c1cccc(Cl)c1. The van der Waals surface area contributed by atoms with Crippen LogP contribution in [-0.4, -0.2) is 33.5 Å². The summed E-state index contributed by atoms with van der Waals surface area (Å²) in [6.45, 7) is -0.534. The summed E-state index contributed by atoms with van der Waals surface area (Å²) in [6, 6.07) is 6.29. The predicted octanol–water partition coefficient (Wildman–Crippen LogP) is 2.51. The van der Waals surface area contributed by atoms with E-state index >= 15 is 0 Å². The van der Waals surface area contributed by atoms with Crippen LogP contribution in [0.1, 0.15) is 10.5 Å². The number of carbonyl (C=O) groups excluding carboxylic acids is 1. The van der Waals surface area contributed by atoms with E-state index in [4.69, 9.17) is 28.3 Å². The molecule has 0 fully saturated rings. The molecule has 1 N–H and O–H groups in total. The number of carbonyl (C=O) groups is 2. The molecule has 21 heavy (non-hydrogen) atoms. The van der Waals surface area contributed by atoms with E-state index in [2.05, 4.69) is 9.97 Å². The highest BCUT2D eigenvalue weighted by atomic mass is 35.5. The van der Waals surface area contributed by atoms with Gasteiger partial charge >= 0.3 is 5.97 Å². The van der Waals surface area contributed by atoms with E-state index < -0.39 is 18.4 Å². The Kier molecular flexibility index (Phi) is 4.72. The standard InChI is InChI=1S/C13H9Cl2N3O3/c14-8-2-1-3-9(4-8)18(7-12(19)20)13(21)10-5-16-6-11(15)17-10/h1-6H,7H2,(H,19,20). The zero-order valence-corrected chi connectivity index (χ0v) is 12.0. The Hall–Kier alpha value is -2.18. The van der Waals surface area contributed by atoms with Gasteiger partial charge in [0.1, 0.15) is 17.4 Å². The second-order valence-electron chi connectivity index (χ2n) is 3.99. The number of amides is 1. The Morgan fingerprint density at radius 2 is 2.00 bits per heavy atom. The van der Waals surface area contributed by atoms with Crippen LogP contribution in [0, 0.1) is 0 Å². The van der Waals surface area contributed by atoms with Gasteiger partial charge in [0.2, 0.25) is 0 Å². The number of hydrogen-bond acceptors (Lipinski definition) is 4. The average molecular weight is 326 g/mol. The fourth-order valence-corrected chi connectivity index (χ4v) is 1.98. The molecule has 2 rings (SSSR count). The van der Waals surface area contributed by atoms with Gasteiger partial charge in [-0.15, -0.1) is 0 Å². The minimum absolute atomic E-state index is 0.0437. The molecule has 6 nitrogen and oxygen atoms in total. The van der Waals surface area contributed by atoms with Crippen molar-refractivity contribution in [2.45, 2.75) is 0 Å². The number of aliphatic carboxylic acids is 1. The lowest BCUT2D eigenvalue weighted by Crippen LogP contribution is -2.36. The Morgan fingerprint density at radius 3 is 2.62 bits per heavy atom. The van der Waals surface area contributed by atoms with Crippen LogP contribution in [0.15, 0.2) is 36.7 Å². The van der Waals surface area contributed by atoms with Gasteiger partial charge in [-0.25, -0.2) is 4.98 Å². The molecule has 0 radical (unpaired) electrons. The molecule has 8 heteroatoms. The Balaban J connectivity index is 2.40. The topological polar surface area (TPSA) is 83.4 Å². The average Bonchev–Trinajstić information content (AvgIpc) is 2.44. The maximum absolute atomic E-state index is 12.4. The maximum Gasteiger partial charge on any atom is 0.323 e. The van der Waals surface area contributed by atoms with Crippen LogP contribution in [0.25, 0.3) is 0 Å². The van der Waals surface area contributed by atoms with E-state index in [1.807, 2.05) is 0 Å². The molecule has 2 aromatic rings. The molecular formula is C13H9Cl2N3O3. The molecule has 0 atom stereocenters. The first kappa shape index (κ1) is 15.2. The van der Waals surface area contributed by atoms with Gasteiger partial charge in [0.15, 0.2) is 0 Å². The van der Waals surface area contributed by atoms with Crippen molar-refractivity contribution in [2.75, 3.05) is 11.4 Å². The highest BCUT2D eigenvalue weighted by molar-refractivity contribution is 6.31. The van der Waals surface area contributed by atoms with E-state index in [0.29, 0.717) is 10.7 Å². The van der Waals surface area contributed by atoms with Crippen LogP contribution < -0.4 is 4.90 Å². The molecule has 0 aliphatic carbocycles. The first-order valence-electron chi connectivity index (χ1n) is 5.74. The molecule has 0 saturated carbocycles. The summed E-state index contributed by atoms with van der Waals surface area (Å²) in [6.07, 6.45) is 2.49. The minimum Gasteiger partial charge on any atom is -0.480 e. The lowest BCUT2D eigenvalue weighted by molar-refractivity contribution is -0.135. The van der Waals surface area contributed by atoms with Crippen LogP contribution in [0.3, 0.4) is 0 Å². The summed E-state index contributed by atoms with van der Waals surface area (Å²) >= 11 is 11.6. The second kappa shape index (κ2) is 6.51. The van der Waals surface area contributed by atoms with E-state index in [1.165, 1.54) is 18.5 Å². The third-order valence-corrected chi connectivity index (χ3v) is 2.90. The van der Waals surface area contributed by atoms with Gasteiger partial charge in [0.25, 0.3) is 5.91 Å². The third kappa shape index (κ3) is 3.90. The van der Waals surface area contributed by atoms with Crippen LogP contribution in [0.4, 0.5) is 5.69 Å². The summed E-state index contributed by atoms with van der Waals surface area (Å²) in [7, 11) is 0. The highest BCUT2D eigenvalue weighted by Crippen LogP contribution is 2.21. The molecule has 108 valence electrons. The first-order valence-corrected chi connectivity index (χ1v) is 6.50. The molecule has 1 aromatic heterocycles. The van der Waals surface area contributed by atoms with E-state index in [-0.39, 0.29) is 10.8 Å². The Bertz CT molecular complexity index is 694. The number of halogens is 2. The lowest BCUT2D eigenvalue weighted by Gasteiger charge is -2.20. The molecule has 0 spiro atoms. The quantitative estimate of drug-likeness (QED) is 0.933. The predicted molar refractivity (Wildman–Crippen MR) is 77.8 cm³/mol. The number of nitrogens with zero attached hydrogens (tertiary/aromatic N) is 3. The number of rotatable bonds is 4. The summed E-state index contributed by atoms with van der Waals surface area (Å²) in [5.41, 5.74) is 0.292. The molecule has 1 aromatic carbocycles. The van der Waals surface area contributed by atoms with Gasteiger partial charge in [-0.2, -0.15) is 0 Å². The monoisotopic (exact) mass is 325 g/mol. The van der Waals surface area contributed by atoms with E-state index in [9.17, 15) is 9.59 Å². The first-order chi connectivity index (χ1) is 9.97. The number of benzene rings is 1. The van der Waals surface area contributed by atoms with Crippen LogP contribution >= 0.6 is 23.2 Å². The molecule has 0 saturated heterocycles. The minimum atomic E-state index is -1.17. The van der Waals surface area contributed by atoms with E-state index in [0.717, 1.165) is 4.90 Å². The van der Waals surface area contributed by atoms with Crippen molar-refractivity contribution in [3.05, 3.63) is 52.5 Å². The van der Waals surface area contributed by atoms with Gasteiger partial charge in [-0.3, -0.25) is 19.5 Å². The fraction of sp³-hybridized carbons (Fsp3) is 0.0769. The summed E-state index contributed by atoms with van der Waals surface area (Å²) in [4.78, 5) is 32.0. The zero-order chi connectivity index (χ0) is 15.4. The fourth-order valence-electron chi connectivity index (χ4n) is 1.64. The van der Waals surface area contributed by atoms with Gasteiger partial charge < -0.3 is 5.11 Å². The van der Waals surface area contributed by atoms with Gasteiger partial charge in [-0.05, 0) is 18.2 Å². The summed E-state index contributed by atoms with van der Waals surface area (Å²) in [5.74, 6) is -1.80. The lowest BCUT2D eigenvalue weighted by atomic mass is 10.2. The normalized spacial score (nSPS) is 10.2. The van der Waals surface area contributed by atoms with E-state index in [1.54, 1.807) is 18.2 Å². The highest BCUT2D eigenvalue weighted by Gasteiger charge is 2.22. The number of anilines is 1. The number of aromatic nitrogens is 2. The molecule has 1 amide bonds. The Labute approximate surface area is 130 Å². The molecular weight excluding hydrogens is 317 g/mol. The number of hydrogen-bond donors (Lipinski definition) is 1. The van der Waals surface area contributed by atoms with Crippen molar-refractivity contribution in [2.24, 2.45) is 0 Å². The molecule has 0 unspecified atom stereocenters. The second-order valence-corrected chi connectivity index (χ2v) is 4.82. The molecule has 0 aliphatic rings. The van der Waals surface area contributed by atoms with Crippen molar-refractivity contribution in [3.8, 4) is 0 Å². The van der Waals surface area contributed by atoms with Gasteiger partial charge in [0.05, 0.1) is 12.4 Å². The van der Waals surface area contributed by atoms with Crippen molar-refractivity contribution in [1.29, 1.82) is 0 Å². The van der Waals surface area contributed by atoms with Gasteiger partial charge in [0, 0.05) is 10.7 Å².